The van der Waals surface area contributed by atoms with E-state index in [0.29, 0.717) is 17.1 Å². The van der Waals surface area contributed by atoms with Crippen LogP contribution >= 0.6 is 34.8 Å². The highest BCUT2D eigenvalue weighted by molar-refractivity contribution is 6.53. The Morgan fingerprint density at radius 2 is 1.95 bits per heavy atom. The second-order valence-electron chi connectivity index (χ2n) is 4.82. The maximum absolute atomic E-state index is 11.8. The molecule has 0 spiro atoms. The zero-order chi connectivity index (χ0) is 15.0. The summed E-state index contributed by atoms with van der Waals surface area (Å²) in [5.74, 6) is -1.07. The molecule has 0 aliphatic heterocycles. The summed E-state index contributed by atoms with van der Waals surface area (Å²) in [5.41, 5.74) is -0.488. The predicted octanol–water partition coefficient (Wildman–Crippen LogP) is 3.41. The first-order valence-corrected chi connectivity index (χ1v) is 6.99. The zero-order valence-electron chi connectivity index (χ0n) is 10.6. The number of hydrogen-bond acceptors (Lipinski definition) is 3. The topological polar surface area (TPSA) is 55.4 Å². The first-order chi connectivity index (χ1) is 9.26. The Kier molecular flexibility index (Phi) is 4.19. The van der Waals surface area contributed by atoms with Crippen molar-refractivity contribution in [1.29, 1.82) is 0 Å². The van der Waals surface area contributed by atoms with Gasteiger partial charge in [-0.1, -0.05) is 23.7 Å². The number of nitrogens with one attached hydrogen (secondary N) is 1. The summed E-state index contributed by atoms with van der Waals surface area (Å²) in [6, 6.07) is 6.76. The molecule has 108 valence electrons. The van der Waals surface area contributed by atoms with E-state index in [0.717, 1.165) is 0 Å². The van der Waals surface area contributed by atoms with Crippen molar-refractivity contribution in [3.8, 4) is 0 Å². The monoisotopic (exact) mass is 335 g/mol. The average molecular weight is 337 g/mol. The fourth-order valence-corrected chi connectivity index (χ4v) is 2.53. The number of benzene rings is 1. The van der Waals surface area contributed by atoms with Crippen molar-refractivity contribution in [3.63, 3.8) is 0 Å². The second kappa shape index (κ2) is 5.43. The van der Waals surface area contributed by atoms with Gasteiger partial charge in [-0.05, 0) is 19.1 Å². The van der Waals surface area contributed by atoms with E-state index in [-0.39, 0.29) is 0 Å². The number of halogens is 3. The van der Waals surface area contributed by atoms with Crippen LogP contribution in [0.5, 0.6) is 0 Å². The third-order valence-electron chi connectivity index (χ3n) is 3.19. The van der Waals surface area contributed by atoms with Gasteiger partial charge in [-0.3, -0.25) is 9.59 Å². The van der Waals surface area contributed by atoms with E-state index in [1.807, 2.05) is 0 Å². The number of amides is 1. The van der Waals surface area contributed by atoms with Gasteiger partial charge in [0, 0.05) is 6.42 Å². The van der Waals surface area contributed by atoms with E-state index < -0.39 is 28.2 Å². The van der Waals surface area contributed by atoms with Gasteiger partial charge in [-0.15, -0.1) is 23.2 Å². The number of carbonyl (C=O) groups excluding carboxylic acids is 2. The summed E-state index contributed by atoms with van der Waals surface area (Å²) in [5, 5.41) is 2.95. The molecule has 0 heterocycles. The summed E-state index contributed by atoms with van der Waals surface area (Å²) < 4.78 is 3.81. The van der Waals surface area contributed by atoms with Gasteiger partial charge < -0.3 is 10.1 Å². The van der Waals surface area contributed by atoms with Crippen LogP contribution in [-0.2, 0) is 14.3 Å². The lowest BCUT2D eigenvalue weighted by atomic mass is 10.1. The summed E-state index contributed by atoms with van der Waals surface area (Å²) in [6.07, 6.45) is 0.314. The van der Waals surface area contributed by atoms with E-state index >= 15 is 0 Å². The van der Waals surface area contributed by atoms with Crippen LogP contribution in [-0.4, -0.2) is 22.8 Å². The summed E-state index contributed by atoms with van der Waals surface area (Å²) in [4.78, 5) is 23.4. The number of ether oxygens (including phenoxy) is 1. The standard InChI is InChI=1S/C13H12Cl3NO3/c1-12(7-13(12,15)16)11(19)20-6-10(18)17-9-5-3-2-4-8(9)14/h2-5H,6-7H2,1H3,(H,17,18)/t12-/m1/s1. The lowest BCUT2D eigenvalue weighted by Gasteiger charge is -2.12. The molecular weight excluding hydrogens is 325 g/mol. The Bertz CT molecular complexity index is 562. The Balaban J connectivity index is 1.85. The molecule has 20 heavy (non-hydrogen) atoms. The van der Waals surface area contributed by atoms with Crippen molar-refractivity contribution in [2.24, 2.45) is 5.41 Å². The van der Waals surface area contributed by atoms with Crippen LogP contribution in [0, 0.1) is 5.41 Å². The molecular formula is C13H12Cl3NO3. The molecule has 1 aromatic carbocycles. The van der Waals surface area contributed by atoms with Crippen LogP contribution < -0.4 is 5.32 Å². The minimum atomic E-state index is -1.11. The molecule has 1 saturated carbocycles. The Labute approximate surface area is 131 Å². The van der Waals surface area contributed by atoms with Crippen molar-refractivity contribution in [3.05, 3.63) is 29.3 Å². The molecule has 0 aromatic heterocycles. The number of rotatable bonds is 4. The Hall–Kier alpha value is -0.970. The van der Waals surface area contributed by atoms with Crippen molar-refractivity contribution in [1.82, 2.24) is 0 Å². The highest BCUT2D eigenvalue weighted by atomic mass is 35.5. The van der Waals surface area contributed by atoms with Crippen LogP contribution in [0.2, 0.25) is 5.02 Å². The molecule has 0 unspecified atom stereocenters. The molecule has 1 N–H and O–H groups in total. The van der Waals surface area contributed by atoms with Gasteiger partial charge in [0.2, 0.25) is 0 Å². The van der Waals surface area contributed by atoms with Crippen LogP contribution in [0.25, 0.3) is 0 Å². The molecule has 2 rings (SSSR count). The number of anilines is 1. The molecule has 1 atom stereocenters. The average Bonchev–Trinajstić information content (AvgIpc) is 2.90. The summed E-state index contributed by atoms with van der Waals surface area (Å²) >= 11 is 17.6. The Morgan fingerprint density at radius 1 is 1.35 bits per heavy atom. The van der Waals surface area contributed by atoms with Crippen LogP contribution in [0.1, 0.15) is 13.3 Å². The number of esters is 1. The largest absolute Gasteiger partial charge is 0.455 e. The molecule has 0 bridgehead atoms. The van der Waals surface area contributed by atoms with Gasteiger partial charge in [0.1, 0.15) is 9.75 Å². The quantitative estimate of drug-likeness (QED) is 0.677. The predicted molar refractivity (Wildman–Crippen MR) is 78.2 cm³/mol. The van der Waals surface area contributed by atoms with E-state index in [4.69, 9.17) is 39.5 Å². The smallest absolute Gasteiger partial charge is 0.315 e. The molecule has 0 radical (unpaired) electrons. The van der Waals surface area contributed by atoms with Gasteiger partial charge >= 0.3 is 5.97 Å². The van der Waals surface area contributed by atoms with Crippen LogP contribution in [0.15, 0.2) is 24.3 Å². The van der Waals surface area contributed by atoms with Crippen LogP contribution in [0.4, 0.5) is 5.69 Å². The normalized spacial score (nSPS) is 23.0. The lowest BCUT2D eigenvalue weighted by molar-refractivity contribution is -0.152. The molecule has 1 amide bonds. The highest BCUT2D eigenvalue weighted by Crippen LogP contribution is 2.64. The molecule has 1 aliphatic carbocycles. The van der Waals surface area contributed by atoms with E-state index in [1.165, 1.54) is 0 Å². The van der Waals surface area contributed by atoms with Crippen molar-refractivity contribution < 1.29 is 14.3 Å². The summed E-state index contributed by atoms with van der Waals surface area (Å²) in [6.45, 7) is 1.19. The van der Waals surface area contributed by atoms with Crippen molar-refractivity contribution in [2.75, 3.05) is 11.9 Å². The number of carbonyl (C=O) groups is 2. The van der Waals surface area contributed by atoms with Gasteiger partial charge in [0.15, 0.2) is 6.61 Å². The molecule has 1 fully saturated rings. The second-order valence-corrected chi connectivity index (χ2v) is 6.71. The summed E-state index contributed by atoms with van der Waals surface area (Å²) in [7, 11) is 0. The fourth-order valence-electron chi connectivity index (χ4n) is 1.66. The third-order valence-corrected chi connectivity index (χ3v) is 4.62. The van der Waals surface area contributed by atoms with Gasteiger partial charge in [0.05, 0.1) is 10.7 Å². The molecule has 1 aliphatic rings. The SMILES string of the molecule is C[C@]1(C(=O)OCC(=O)Nc2ccccc2Cl)CC1(Cl)Cl. The first-order valence-electron chi connectivity index (χ1n) is 5.86. The lowest BCUT2D eigenvalue weighted by Crippen LogP contribution is -2.26. The highest BCUT2D eigenvalue weighted by Gasteiger charge is 2.69. The number of alkyl halides is 2. The number of para-hydroxylation sites is 1. The number of hydrogen-bond donors (Lipinski definition) is 1. The Morgan fingerprint density at radius 3 is 2.50 bits per heavy atom. The molecule has 4 nitrogen and oxygen atoms in total. The van der Waals surface area contributed by atoms with E-state index in [1.54, 1.807) is 31.2 Å². The van der Waals surface area contributed by atoms with Crippen molar-refractivity contribution >= 4 is 52.4 Å². The van der Waals surface area contributed by atoms with Crippen LogP contribution in [0.3, 0.4) is 0 Å². The van der Waals surface area contributed by atoms with Crippen molar-refractivity contribution in [2.45, 2.75) is 17.7 Å². The fraction of sp³-hybridized carbons (Fsp3) is 0.385. The molecule has 7 heteroatoms. The van der Waals surface area contributed by atoms with Gasteiger partial charge in [0.25, 0.3) is 5.91 Å². The maximum Gasteiger partial charge on any atom is 0.315 e. The zero-order valence-corrected chi connectivity index (χ0v) is 12.9. The van der Waals surface area contributed by atoms with Gasteiger partial charge in [-0.2, -0.15) is 0 Å². The van der Waals surface area contributed by atoms with E-state index in [9.17, 15) is 9.59 Å². The molecule has 0 saturated heterocycles. The maximum atomic E-state index is 11.8. The van der Waals surface area contributed by atoms with Gasteiger partial charge in [-0.25, -0.2) is 0 Å². The van der Waals surface area contributed by atoms with E-state index in [2.05, 4.69) is 5.32 Å². The minimum absolute atomic E-state index is 0.314. The first kappa shape index (κ1) is 15.4. The minimum Gasteiger partial charge on any atom is -0.455 e. The third kappa shape index (κ3) is 3.03. The molecule has 1 aromatic rings.